The summed E-state index contributed by atoms with van der Waals surface area (Å²) in [5, 5.41) is 7.77. The maximum Gasteiger partial charge on any atom is 0.178 e. The van der Waals surface area contributed by atoms with Crippen LogP contribution in [0.5, 0.6) is 0 Å². The summed E-state index contributed by atoms with van der Waals surface area (Å²) in [5.74, 6) is 1.68. The van der Waals surface area contributed by atoms with Gasteiger partial charge in [0.2, 0.25) is 0 Å². The van der Waals surface area contributed by atoms with Crippen LogP contribution in [0.15, 0.2) is 31.0 Å². The second-order valence-corrected chi connectivity index (χ2v) is 5.14. The van der Waals surface area contributed by atoms with Gasteiger partial charge in [-0.1, -0.05) is 13.3 Å². The number of anilines is 1. The van der Waals surface area contributed by atoms with E-state index >= 15 is 0 Å². The minimum absolute atomic E-state index is 0.552. The summed E-state index contributed by atoms with van der Waals surface area (Å²) in [4.78, 5) is 8.38. The van der Waals surface area contributed by atoms with Crippen LogP contribution in [0.1, 0.15) is 32.6 Å². The van der Waals surface area contributed by atoms with E-state index in [0.717, 1.165) is 17.4 Å². The van der Waals surface area contributed by atoms with Gasteiger partial charge in [-0.3, -0.25) is 0 Å². The van der Waals surface area contributed by atoms with E-state index in [4.69, 9.17) is 0 Å². The Bertz CT molecular complexity index is 522. The minimum Gasteiger partial charge on any atom is -0.379 e. The highest BCUT2D eigenvalue weighted by Crippen LogP contribution is 2.31. The average molecular weight is 257 g/mol. The van der Waals surface area contributed by atoms with E-state index in [-0.39, 0.29) is 0 Å². The highest BCUT2D eigenvalue weighted by atomic mass is 15.3. The lowest BCUT2D eigenvalue weighted by molar-refractivity contribution is 0.525. The van der Waals surface area contributed by atoms with Gasteiger partial charge in [0.1, 0.15) is 12.7 Å². The number of pyridine rings is 1. The van der Waals surface area contributed by atoms with Crippen molar-refractivity contribution in [2.24, 2.45) is 5.92 Å². The van der Waals surface area contributed by atoms with Gasteiger partial charge in [-0.15, -0.1) is 0 Å². The molecule has 2 atom stereocenters. The van der Waals surface area contributed by atoms with E-state index in [0.29, 0.717) is 6.04 Å². The van der Waals surface area contributed by atoms with Crippen molar-refractivity contribution in [1.82, 2.24) is 19.7 Å². The van der Waals surface area contributed by atoms with Gasteiger partial charge in [0, 0.05) is 12.2 Å². The van der Waals surface area contributed by atoms with Crippen molar-refractivity contribution in [3.8, 4) is 5.82 Å². The Kier molecular flexibility index (Phi) is 3.44. The number of rotatable bonds is 4. The van der Waals surface area contributed by atoms with E-state index in [9.17, 15) is 0 Å². The van der Waals surface area contributed by atoms with Crippen LogP contribution in [-0.2, 0) is 0 Å². The van der Waals surface area contributed by atoms with Crippen molar-refractivity contribution >= 4 is 5.69 Å². The molecule has 2 heterocycles. The summed E-state index contributed by atoms with van der Waals surface area (Å²) in [6, 6.07) is 4.56. The predicted octanol–water partition coefficient (Wildman–Crippen LogP) is 2.65. The van der Waals surface area contributed by atoms with Crippen LogP contribution in [-0.4, -0.2) is 25.8 Å². The van der Waals surface area contributed by atoms with Crippen LogP contribution >= 0.6 is 0 Å². The lowest BCUT2D eigenvalue weighted by atomic mass is 10.1. The van der Waals surface area contributed by atoms with Gasteiger partial charge in [0.15, 0.2) is 5.82 Å². The molecule has 100 valence electrons. The Labute approximate surface area is 113 Å². The number of hydrogen-bond acceptors (Lipinski definition) is 4. The lowest BCUT2D eigenvalue weighted by Gasteiger charge is -2.16. The molecule has 2 unspecified atom stereocenters. The lowest BCUT2D eigenvalue weighted by Crippen LogP contribution is -2.17. The summed E-state index contributed by atoms with van der Waals surface area (Å²) in [7, 11) is 0. The number of nitrogens with zero attached hydrogens (tertiary/aromatic N) is 4. The van der Waals surface area contributed by atoms with Crippen LogP contribution in [0.4, 0.5) is 5.69 Å². The third kappa shape index (κ3) is 2.59. The van der Waals surface area contributed by atoms with Crippen LogP contribution < -0.4 is 5.32 Å². The zero-order chi connectivity index (χ0) is 13.1. The monoisotopic (exact) mass is 257 g/mol. The molecule has 0 saturated heterocycles. The van der Waals surface area contributed by atoms with E-state index in [1.165, 1.54) is 32.0 Å². The zero-order valence-corrected chi connectivity index (χ0v) is 11.2. The smallest absolute Gasteiger partial charge is 0.178 e. The molecule has 0 spiro atoms. The molecule has 1 N–H and O–H groups in total. The van der Waals surface area contributed by atoms with Crippen molar-refractivity contribution in [3.63, 3.8) is 0 Å². The Morgan fingerprint density at radius 2 is 2.37 bits per heavy atom. The van der Waals surface area contributed by atoms with Crippen LogP contribution in [0, 0.1) is 5.92 Å². The third-order valence-corrected chi connectivity index (χ3v) is 3.90. The normalized spacial score (nSPS) is 22.6. The quantitative estimate of drug-likeness (QED) is 0.915. The first-order valence-corrected chi connectivity index (χ1v) is 6.93. The predicted molar refractivity (Wildman–Crippen MR) is 74.2 cm³/mol. The van der Waals surface area contributed by atoms with Crippen LogP contribution in [0.2, 0.25) is 0 Å². The molecule has 2 aromatic heterocycles. The van der Waals surface area contributed by atoms with Crippen molar-refractivity contribution in [1.29, 1.82) is 0 Å². The molecule has 2 aromatic rings. The summed E-state index contributed by atoms with van der Waals surface area (Å²) >= 11 is 0. The average Bonchev–Trinajstić information content (AvgIpc) is 3.10. The second-order valence-electron chi connectivity index (χ2n) is 5.14. The molecule has 3 rings (SSSR count). The van der Waals surface area contributed by atoms with E-state index in [1.54, 1.807) is 17.2 Å². The van der Waals surface area contributed by atoms with Crippen molar-refractivity contribution < 1.29 is 0 Å². The number of aromatic nitrogens is 4. The molecule has 0 aromatic carbocycles. The highest BCUT2D eigenvalue weighted by Gasteiger charge is 2.23. The van der Waals surface area contributed by atoms with Crippen molar-refractivity contribution in [2.75, 3.05) is 5.32 Å². The van der Waals surface area contributed by atoms with Gasteiger partial charge in [-0.25, -0.2) is 14.6 Å². The largest absolute Gasteiger partial charge is 0.379 e. The summed E-state index contributed by atoms with van der Waals surface area (Å²) in [5.41, 5.74) is 1.04. The molecular weight excluding hydrogens is 238 g/mol. The van der Waals surface area contributed by atoms with Gasteiger partial charge in [-0.2, -0.15) is 5.10 Å². The first kappa shape index (κ1) is 12.1. The molecule has 5 nitrogen and oxygen atoms in total. The molecule has 1 aliphatic carbocycles. The van der Waals surface area contributed by atoms with Gasteiger partial charge >= 0.3 is 0 Å². The standard InChI is InChI=1S/C14H19N5/c1-2-11-5-6-12(8-11)18-13-4-3-7-16-14(13)19-10-15-9-17-19/h3-4,7,9-12,18H,2,5-6,8H2,1H3. The summed E-state index contributed by atoms with van der Waals surface area (Å²) in [6.45, 7) is 2.28. The second kappa shape index (κ2) is 5.38. The highest BCUT2D eigenvalue weighted by molar-refractivity contribution is 5.56. The molecule has 5 heteroatoms. The Balaban J connectivity index is 1.78. The van der Waals surface area contributed by atoms with E-state index in [2.05, 4.69) is 33.4 Å². The summed E-state index contributed by atoms with van der Waals surface area (Å²) < 4.78 is 1.70. The molecule has 1 fully saturated rings. The SMILES string of the molecule is CCC1CCC(Nc2cccnc2-n2cncn2)C1. The molecule has 0 radical (unpaired) electrons. The molecule has 1 aliphatic rings. The van der Waals surface area contributed by atoms with Gasteiger partial charge in [0.05, 0.1) is 5.69 Å². The van der Waals surface area contributed by atoms with Crippen molar-refractivity contribution in [2.45, 2.75) is 38.6 Å². The number of nitrogens with one attached hydrogen (secondary N) is 1. The Hall–Kier alpha value is -1.91. The Morgan fingerprint density at radius 1 is 1.42 bits per heavy atom. The maximum absolute atomic E-state index is 4.40. The maximum atomic E-state index is 4.40. The topological polar surface area (TPSA) is 55.6 Å². The summed E-state index contributed by atoms with van der Waals surface area (Å²) in [6.07, 6.45) is 10.1. The first-order chi connectivity index (χ1) is 9.36. The van der Waals surface area contributed by atoms with Gasteiger partial charge < -0.3 is 5.32 Å². The van der Waals surface area contributed by atoms with Crippen molar-refractivity contribution in [3.05, 3.63) is 31.0 Å². The fraction of sp³-hybridized carbons (Fsp3) is 0.500. The van der Waals surface area contributed by atoms with Crippen LogP contribution in [0.3, 0.4) is 0 Å². The fourth-order valence-corrected chi connectivity index (χ4v) is 2.81. The fourth-order valence-electron chi connectivity index (χ4n) is 2.81. The molecule has 0 bridgehead atoms. The van der Waals surface area contributed by atoms with E-state index in [1.807, 2.05) is 6.07 Å². The zero-order valence-electron chi connectivity index (χ0n) is 11.2. The first-order valence-electron chi connectivity index (χ1n) is 6.93. The molecule has 19 heavy (non-hydrogen) atoms. The third-order valence-electron chi connectivity index (χ3n) is 3.90. The molecule has 1 saturated carbocycles. The Morgan fingerprint density at radius 3 is 3.11 bits per heavy atom. The van der Waals surface area contributed by atoms with E-state index < -0.39 is 0 Å². The molecule has 0 aliphatic heterocycles. The number of hydrogen-bond donors (Lipinski definition) is 1. The molecule has 0 amide bonds. The van der Waals surface area contributed by atoms with Gasteiger partial charge in [-0.05, 0) is 37.3 Å². The molecular formula is C14H19N5. The van der Waals surface area contributed by atoms with Gasteiger partial charge in [0.25, 0.3) is 0 Å². The van der Waals surface area contributed by atoms with Crippen LogP contribution in [0.25, 0.3) is 5.82 Å². The minimum atomic E-state index is 0.552.